The van der Waals surface area contributed by atoms with Crippen LogP contribution in [0.15, 0.2) is 47.6 Å². The van der Waals surface area contributed by atoms with E-state index in [-0.39, 0.29) is 24.0 Å². The summed E-state index contributed by atoms with van der Waals surface area (Å²) in [4.78, 5) is 6.46. The lowest BCUT2D eigenvalue weighted by atomic mass is 10.1. The minimum absolute atomic E-state index is 0. The highest BCUT2D eigenvalue weighted by atomic mass is 127. The SMILES string of the molecule is CN=C(NCCCc1ccccc1)N(C)Cc1cc(Cl)cn1C.I. The predicted octanol–water partition coefficient (Wildman–Crippen LogP) is 3.94. The Bertz CT molecular complexity index is 640. The molecule has 0 spiro atoms. The first-order valence-corrected chi connectivity index (χ1v) is 8.24. The van der Waals surface area contributed by atoms with E-state index in [0.717, 1.165) is 42.6 Å². The average Bonchev–Trinajstić information content (AvgIpc) is 2.85. The highest BCUT2D eigenvalue weighted by Crippen LogP contribution is 2.14. The first-order chi connectivity index (χ1) is 11.1. The zero-order valence-corrected chi connectivity index (χ0v) is 17.6. The van der Waals surface area contributed by atoms with E-state index in [1.54, 1.807) is 0 Å². The molecule has 24 heavy (non-hydrogen) atoms. The maximum atomic E-state index is 6.04. The van der Waals surface area contributed by atoms with Crippen molar-refractivity contribution < 1.29 is 0 Å². The van der Waals surface area contributed by atoms with Crippen LogP contribution in [0.3, 0.4) is 0 Å². The van der Waals surface area contributed by atoms with Gasteiger partial charge in [0.1, 0.15) is 0 Å². The van der Waals surface area contributed by atoms with Gasteiger partial charge in [-0.15, -0.1) is 24.0 Å². The zero-order chi connectivity index (χ0) is 16.7. The third-order valence-corrected chi connectivity index (χ3v) is 4.02. The van der Waals surface area contributed by atoms with Crippen molar-refractivity contribution in [3.05, 3.63) is 58.9 Å². The van der Waals surface area contributed by atoms with Crippen molar-refractivity contribution >= 4 is 41.5 Å². The van der Waals surface area contributed by atoms with E-state index in [0.29, 0.717) is 0 Å². The fraction of sp³-hybridized carbons (Fsp3) is 0.389. The van der Waals surface area contributed by atoms with Crippen LogP contribution in [0.1, 0.15) is 17.7 Å². The standard InChI is InChI=1S/C18H25ClN4.HI/c1-20-18(21-11-7-10-15-8-5-4-6-9-15)23(3)14-17-12-16(19)13-22(17)2;/h4-6,8-9,12-13H,7,10-11,14H2,1-3H3,(H,20,21);1H. The summed E-state index contributed by atoms with van der Waals surface area (Å²) in [5.74, 6) is 0.899. The third-order valence-electron chi connectivity index (χ3n) is 3.82. The number of nitrogens with one attached hydrogen (secondary N) is 1. The van der Waals surface area contributed by atoms with Crippen LogP contribution in [-0.4, -0.2) is 36.1 Å². The fourth-order valence-electron chi connectivity index (χ4n) is 2.56. The minimum atomic E-state index is 0. The van der Waals surface area contributed by atoms with E-state index in [1.807, 2.05) is 44.0 Å². The summed E-state index contributed by atoms with van der Waals surface area (Å²) in [6.07, 6.45) is 4.07. The Morgan fingerprint density at radius 1 is 1.29 bits per heavy atom. The summed E-state index contributed by atoms with van der Waals surface area (Å²) in [6, 6.07) is 12.5. The molecule has 0 saturated carbocycles. The number of guanidine groups is 1. The third kappa shape index (κ3) is 6.36. The van der Waals surface area contributed by atoms with Crippen molar-refractivity contribution in [2.45, 2.75) is 19.4 Å². The van der Waals surface area contributed by atoms with Gasteiger partial charge in [-0.3, -0.25) is 4.99 Å². The highest BCUT2D eigenvalue weighted by molar-refractivity contribution is 14.0. The molecule has 2 aromatic rings. The second-order valence-corrected chi connectivity index (χ2v) is 6.12. The monoisotopic (exact) mass is 460 g/mol. The normalized spacial score (nSPS) is 11.1. The molecule has 0 aliphatic rings. The number of benzene rings is 1. The van der Waals surface area contributed by atoms with Gasteiger partial charge < -0.3 is 14.8 Å². The molecule has 0 aliphatic carbocycles. The summed E-state index contributed by atoms with van der Waals surface area (Å²) in [5.41, 5.74) is 2.53. The van der Waals surface area contributed by atoms with Crippen LogP contribution in [-0.2, 0) is 20.0 Å². The first-order valence-electron chi connectivity index (χ1n) is 7.86. The second-order valence-electron chi connectivity index (χ2n) is 5.68. The van der Waals surface area contributed by atoms with Crippen molar-refractivity contribution in [3.8, 4) is 0 Å². The van der Waals surface area contributed by atoms with Crippen molar-refractivity contribution in [1.29, 1.82) is 0 Å². The molecule has 6 heteroatoms. The first kappa shape index (κ1) is 20.8. The number of aromatic nitrogens is 1. The number of aliphatic imine (C=N–C) groups is 1. The molecule has 0 aliphatic heterocycles. The van der Waals surface area contributed by atoms with Gasteiger partial charge in [-0.1, -0.05) is 41.9 Å². The molecule has 4 nitrogen and oxygen atoms in total. The molecule has 0 bridgehead atoms. The molecule has 1 heterocycles. The van der Waals surface area contributed by atoms with E-state index in [4.69, 9.17) is 11.6 Å². The van der Waals surface area contributed by atoms with Crippen molar-refractivity contribution in [3.63, 3.8) is 0 Å². The van der Waals surface area contributed by atoms with Gasteiger partial charge in [-0.05, 0) is 24.5 Å². The molecule has 0 amide bonds. The Balaban J connectivity index is 0.00000288. The lowest BCUT2D eigenvalue weighted by Crippen LogP contribution is -2.39. The largest absolute Gasteiger partial charge is 0.356 e. The Morgan fingerprint density at radius 2 is 2.00 bits per heavy atom. The molecule has 1 N–H and O–H groups in total. The van der Waals surface area contributed by atoms with Crippen molar-refractivity contribution in [2.75, 3.05) is 20.6 Å². The van der Waals surface area contributed by atoms with Gasteiger partial charge in [0, 0.05) is 39.6 Å². The Morgan fingerprint density at radius 3 is 2.58 bits per heavy atom. The maximum absolute atomic E-state index is 6.04. The lowest BCUT2D eigenvalue weighted by molar-refractivity contribution is 0.461. The molecule has 0 unspecified atom stereocenters. The number of hydrogen-bond acceptors (Lipinski definition) is 1. The van der Waals surface area contributed by atoms with Crippen LogP contribution in [0.5, 0.6) is 0 Å². The molecule has 132 valence electrons. The van der Waals surface area contributed by atoms with E-state index in [1.165, 1.54) is 5.56 Å². The smallest absolute Gasteiger partial charge is 0.193 e. The van der Waals surface area contributed by atoms with E-state index < -0.39 is 0 Å². The van der Waals surface area contributed by atoms with E-state index in [9.17, 15) is 0 Å². The molecule has 2 rings (SSSR count). The number of nitrogens with zero attached hydrogens (tertiary/aromatic N) is 3. The van der Waals surface area contributed by atoms with Gasteiger partial charge in [-0.2, -0.15) is 0 Å². The summed E-state index contributed by atoms with van der Waals surface area (Å²) in [6.45, 7) is 1.67. The summed E-state index contributed by atoms with van der Waals surface area (Å²) in [7, 11) is 5.85. The van der Waals surface area contributed by atoms with Gasteiger partial charge in [0.15, 0.2) is 5.96 Å². The average molecular weight is 461 g/mol. The summed E-state index contributed by atoms with van der Waals surface area (Å²) < 4.78 is 2.04. The van der Waals surface area contributed by atoms with Crippen molar-refractivity contribution in [2.24, 2.45) is 12.0 Å². The Labute approximate surface area is 166 Å². The number of halogens is 2. The predicted molar refractivity (Wildman–Crippen MR) is 113 cm³/mol. The zero-order valence-electron chi connectivity index (χ0n) is 14.5. The fourth-order valence-corrected chi connectivity index (χ4v) is 2.84. The van der Waals surface area contributed by atoms with Gasteiger partial charge in [0.25, 0.3) is 0 Å². The van der Waals surface area contributed by atoms with Crippen LogP contribution in [0.2, 0.25) is 5.02 Å². The van der Waals surface area contributed by atoms with Crippen molar-refractivity contribution in [1.82, 2.24) is 14.8 Å². The molecule has 1 aromatic carbocycles. The summed E-state index contributed by atoms with van der Waals surface area (Å²) in [5, 5.41) is 4.19. The highest BCUT2D eigenvalue weighted by Gasteiger charge is 2.09. The van der Waals surface area contributed by atoms with Gasteiger partial charge >= 0.3 is 0 Å². The summed E-state index contributed by atoms with van der Waals surface area (Å²) >= 11 is 6.04. The molecule has 0 fully saturated rings. The quantitative estimate of drug-likeness (QED) is 0.307. The van der Waals surface area contributed by atoms with Crippen LogP contribution in [0.25, 0.3) is 0 Å². The molecular weight excluding hydrogens is 435 g/mol. The van der Waals surface area contributed by atoms with Gasteiger partial charge in [0.2, 0.25) is 0 Å². The lowest BCUT2D eigenvalue weighted by Gasteiger charge is -2.22. The van der Waals surface area contributed by atoms with Gasteiger partial charge in [-0.25, -0.2) is 0 Å². The molecule has 0 radical (unpaired) electrons. The van der Waals surface area contributed by atoms with Crippen LogP contribution in [0.4, 0.5) is 0 Å². The Kier molecular flexibility index (Phi) is 9.21. The molecule has 1 aromatic heterocycles. The van der Waals surface area contributed by atoms with E-state index >= 15 is 0 Å². The van der Waals surface area contributed by atoms with Crippen LogP contribution in [0, 0.1) is 0 Å². The minimum Gasteiger partial charge on any atom is -0.356 e. The van der Waals surface area contributed by atoms with Crippen LogP contribution < -0.4 is 5.32 Å². The topological polar surface area (TPSA) is 32.6 Å². The number of hydrogen-bond donors (Lipinski definition) is 1. The van der Waals surface area contributed by atoms with E-state index in [2.05, 4.69) is 39.5 Å². The molecular formula is C18H26ClIN4. The van der Waals surface area contributed by atoms with Crippen LogP contribution >= 0.6 is 35.6 Å². The molecule has 0 atom stereocenters. The Hall–Kier alpha value is -1.21. The second kappa shape index (κ2) is 10.6. The maximum Gasteiger partial charge on any atom is 0.193 e. The number of rotatable bonds is 6. The number of aryl methyl sites for hydroxylation is 2. The molecule has 0 saturated heterocycles. The van der Waals surface area contributed by atoms with Gasteiger partial charge in [0.05, 0.1) is 11.6 Å².